The number of hydrogen-bond donors (Lipinski definition) is 2. The minimum absolute atomic E-state index is 0.0667. The minimum atomic E-state index is -5.50. The van der Waals surface area contributed by atoms with Gasteiger partial charge in [-0.05, 0) is 43.5 Å². The molecule has 0 saturated heterocycles. The van der Waals surface area contributed by atoms with Gasteiger partial charge in [0.2, 0.25) is 5.60 Å². The standard InChI is InChI=1S/C23H19F7N2O3/c1-12-15-9-14(6-5-13(15)10-35-32-12)31-19(33)21(34,23(28,29)30)11-20(7-8-20)16-3-2-4-17(18(16)24)22(25,26)27/h2-6,9,34H,7-8,10-11H2,1H3,(H,31,33). The first-order chi connectivity index (χ1) is 16.2. The van der Waals surface area contributed by atoms with Gasteiger partial charge >= 0.3 is 12.4 Å². The summed E-state index contributed by atoms with van der Waals surface area (Å²) in [7, 11) is 0. The van der Waals surface area contributed by atoms with Crippen LogP contribution in [-0.2, 0) is 27.8 Å². The molecule has 1 unspecified atom stereocenters. The zero-order valence-corrected chi connectivity index (χ0v) is 18.1. The van der Waals surface area contributed by atoms with E-state index in [1.54, 1.807) is 6.92 Å². The molecule has 5 nitrogen and oxygen atoms in total. The third-order valence-electron chi connectivity index (χ3n) is 6.35. The van der Waals surface area contributed by atoms with Gasteiger partial charge in [0.05, 0.1) is 11.3 Å². The Hall–Kier alpha value is -3.15. The van der Waals surface area contributed by atoms with Crippen LogP contribution in [0.4, 0.5) is 36.4 Å². The van der Waals surface area contributed by atoms with Crippen molar-refractivity contribution in [1.29, 1.82) is 0 Å². The number of anilines is 1. The van der Waals surface area contributed by atoms with E-state index in [9.17, 15) is 40.6 Å². The number of alkyl halides is 6. The molecular formula is C23H19F7N2O3. The molecule has 1 aliphatic heterocycles. The Morgan fingerprint density at radius 2 is 1.83 bits per heavy atom. The summed E-state index contributed by atoms with van der Waals surface area (Å²) in [6, 6.07) is 6.49. The molecule has 1 aliphatic carbocycles. The highest BCUT2D eigenvalue weighted by Gasteiger charge is 2.65. The van der Waals surface area contributed by atoms with Crippen LogP contribution in [0.5, 0.6) is 0 Å². The van der Waals surface area contributed by atoms with Crippen molar-refractivity contribution in [3.8, 4) is 0 Å². The average molecular weight is 504 g/mol. The molecule has 1 fully saturated rings. The van der Waals surface area contributed by atoms with Gasteiger partial charge in [0.25, 0.3) is 5.91 Å². The van der Waals surface area contributed by atoms with Crippen molar-refractivity contribution in [2.75, 3.05) is 5.32 Å². The molecular weight excluding hydrogens is 485 g/mol. The Morgan fingerprint density at radius 1 is 1.14 bits per heavy atom. The first-order valence-electron chi connectivity index (χ1n) is 10.4. The van der Waals surface area contributed by atoms with Crippen molar-refractivity contribution in [2.45, 2.75) is 56.2 Å². The highest BCUT2D eigenvalue weighted by atomic mass is 19.4. The largest absolute Gasteiger partial charge is 0.426 e. The van der Waals surface area contributed by atoms with Crippen LogP contribution in [0.15, 0.2) is 41.6 Å². The number of amides is 1. The van der Waals surface area contributed by atoms with Gasteiger partial charge in [-0.1, -0.05) is 23.4 Å². The molecule has 2 aromatic carbocycles. The van der Waals surface area contributed by atoms with Crippen LogP contribution in [0, 0.1) is 5.82 Å². The number of oxime groups is 1. The molecule has 1 amide bonds. The molecule has 12 heteroatoms. The Balaban J connectivity index is 1.66. The SMILES string of the molecule is CC1=NOCc2ccc(NC(=O)C(O)(CC3(c4cccc(C(F)(F)F)c4F)CC3)C(F)(F)F)cc21. The Labute approximate surface area is 194 Å². The molecule has 0 bridgehead atoms. The van der Waals surface area contributed by atoms with Crippen molar-refractivity contribution < 1.29 is 45.5 Å². The lowest BCUT2D eigenvalue weighted by Crippen LogP contribution is -2.56. The van der Waals surface area contributed by atoms with Crippen molar-refractivity contribution in [3.05, 3.63) is 64.5 Å². The molecule has 188 valence electrons. The number of nitrogens with zero attached hydrogens (tertiary/aromatic N) is 1. The summed E-state index contributed by atoms with van der Waals surface area (Å²) in [4.78, 5) is 17.8. The molecule has 1 atom stereocenters. The van der Waals surface area contributed by atoms with E-state index >= 15 is 0 Å². The van der Waals surface area contributed by atoms with Gasteiger partial charge in [-0.2, -0.15) is 26.3 Å². The van der Waals surface area contributed by atoms with E-state index < -0.39 is 52.6 Å². The van der Waals surface area contributed by atoms with E-state index in [1.165, 1.54) is 18.2 Å². The Kier molecular flexibility index (Phi) is 5.86. The van der Waals surface area contributed by atoms with Crippen LogP contribution >= 0.6 is 0 Å². The smallest absolute Gasteiger partial charge is 0.391 e. The zero-order valence-electron chi connectivity index (χ0n) is 18.1. The first-order valence-corrected chi connectivity index (χ1v) is 10.4. The monoisotopic (exact) mass is 504 g/mol. The summed E-state index contributed by atoms with van der Waals surface area (Å²) in [6.07, 6.45) is -12.2. The van der Waals surface area contributed by atoms with Gasteiger partial charge in [-0.3, -0.25) is 4.79 Å². The lowest BCUT2D eigenvalue weighted by atomic mass is 9.81. The molecule has 1 saturated carbocycles. The van der Waals surface area contributed by atoms with E-state index in [0.717, 1.165) is 12.1 Å². The molecule has 2 aliphatic rings. The number of halogens is 7. The predicted molar refractivity (Wildman–Crippen MR) is 110 cm³/mol. The highest BCUT2D eigenvalue weighted by Crippen LogP contribution is 2.57. The third-order valence-corrected chi connectivity index (χ3v) is 6.35. The Bertz CT molecular complexity index is 1200. The molecule has 2 aromatic rings. The number of hydrogen-bond acceptors (Lipinski definition) is 4. The summed E-state index contributed by atoms with van der Waals surface area (Å²) in [6.45, 7) is 1.72. The summed E-state index contributed by atoms with van der Waals surface area (Å²) >= 11 is 0. The molecule has 0 spiro atoms. The third kappa shape index (κ3) is 4.46. The number of nitrogens with one attached hydrogen (secondary N) is 1. The maximum atomic E-state index is 14.7. The quantitative estimate of drug-likeness (QED) is 0.532. The molecule has 35 heavy (non-hydrogen) atoms. The lowest BCUT2D eigenvalue weighted by molar-refractivity contribution is -0.253. The van der Waals surface area contributed by atoms with Crippen molar-refractivity contribution in [1.82, 2.24) is 0 Å². The fourth-order valence-electron chi connectivity index (χ4n) is 4.25. The number of fused-ring (bicyclic) bond motifs is 1. The van der Waals surface area contributed by atoms with Crippen LogP contribution in [0.1, 0.15) is 48.4 Å². The summed E-state index contributed by atoms with van der Waals surface area (Å²) in [5.74, 6) is -3.54. The van der Waals surface area contributed by atoms with Crippen molar-refractivity contribution in [2.24, 2.45) is 5.16 Å². The number of aliphatic hydroxyl groups is 1. The second-order valence-electron chi connectivity index (χ2n) is 8.76. The first kappa shape index (κ1) is 25.0. The lowest BCUT2D eigenvalue weighted by Gasteiger charge is -2.33. The topological polar surface area (TPSA) is 70.9 Å². The Morgan fingerprint density at radius 3 is 2.43 bits per heavy atom. The van der Waals surface area contributed by atoms with E-state index in [1.807, 2.05) is 5.32 Å². The average Bonchev–Trinajstić information content (AvgIpc) is 3.53. The molecule has 2 N–H and O–H groups in total. The van der Waals surface area contributed by atoms with Gasteiger partial charge in [0.1, 0.15) is 12.4 Å². The number of rotatable bonds is 5. The zero-order chi connectivity index (χ0) is 25.8. The highest BCUT2D eigenvalue weighted by molar-refractivity contribution is 6.03. The normalized spacial score (nSPS) is 18.6. The van der Waals surface area contributed by atoms with E-state index in [2.05, 4.69) is 5.16 Å². The molecule has 1 heterocycles. The van der Waals surface area contributed by atoms with Gasteiger partial charge in [-0.15, -0.1) is 0 Å². The van der Waals surface area contributed by atoms with Gasteiger partial charge in [0, 0.05) is 28.7 Å². The second kappa shape index (κ2) is 8.21. The molecule has 4 rings (SSSR count). The predicted octanol–water partition coefficient (Wildman–Crippen LogP) is 5.45. The van der Waals surface area contributed by atoms with Gasteiger partial charge in [0.15, 0.2) is 0 Å². The van der Waals surface area contributed by atoms with Crippen molar-refractivity contribution >= 4 is 17.3 Å². The van der Waals surface area contributed by atoms with Gasteiger partial charge < -0.3 is 15.3 Å². The summed E-state index contributed by atoms with van der Waals surface area (Å²) in [5, 5.41) is 16.4. The number of carbonyl (C=O) groups is 1. The minimum Gasteiger partial charge on any atom is -0.391 e. The number of benzene rings is 2. The molecule has 0 aromatic heterocycles. The van der Waals surface area contributed by atoms with Crippen LogP contribution < -0.4 is 5.32 Å². The number of carbonyl (C=O) groups excluding carboxylic acids is 1. The van der Waals surface area contributed by atoms with Crippen LogP contribution in [0.3, 0.4) is 0 Å². The van der Waals surface area contributed by atoms with Crippen molar-refractivity contribution in [3.63, 3.8) is 0 Å². The van der Waals surface area contributed by atoms with E-state index in [4.69, 9.17) is 4.84 Å². The second-order valence-corrected chi connectivity index (χ2v) is 8.76. The van der Waals surface area contributed by atoms with Crippen LogP contribution in [-0.4, -0.2) is 28.5 Å². The fraction of sp³-hybridized carbons (Fsp3) is 0.391. The van der Waals surface area contributed by atoms with E-state index in [-0.39, 0.29) is 25.1 Å². The summed E-state index contributed by atoms with van der Waals surface area (Å²) < 4.78 is 96.2. The van der Waals surface area contributed by atoms with E-state index in [0.29, 0.717) is 22.9 Å². The van der Waals surface area contributed by atoms with Crippen LogP contribution in [0.25, 0.3) is 0 Å². The summed E-state index contributed by atoms with van der Waals surface area (Å²) in [5.41, 5.74) is -6.48. The maximum Gasteiger partial charge on any atom is 0.426 e. The molecule has 0 radical (unpaired) electrons. The van der Waals surface area contributed by atoms with Gasteiger partial charge in [-0.25, -0.2) is 4.39 Å². The van der Waals surface area contributed by atoms with Crippen LogP contribution in [0.2, 0.25) is 0 Å². The maximum absolute atomic E-state index is 14.7. The fourth-order valence-corrected chi connectivity index (χ4v) is 4.25.